The minimum atomic E-state index is -0.102. The molecule has 2 fully saturated rings. The number of fused-ring (bicyclic) bond motifs is 1. The van der Waals surface area contributed by atoms with E-state index >= 15 is 0 Å². The number of hydrogen-bond donors (Lipinski definition) is 2. The molecule has 8 nitrogen and oxygen atoms in total. The molecule has 0 unspecified atom stereocenters. The zero-order chi connectivity index (χ0) is 24.2. The highest BCUT2D eigenvalue weighted by molar-refractivity contribution is 5.89. The van der Waals surface area contributed by atoms with Crippen molar-refractivity contribution in [3.63, 3.8) is 0 Å². The summed E-state index contributed by atoms with van der Waals surface area (Å²) in [7, 11) is 0. The molecule has 0 radical (unpaired) electrons. The minimum Gasteiger partial charge on any atom is -0.369 e. The number of nitrogen functional groups attached to an aromatic ring is 1. The van der Waals surface area contributed by atoms with Crippen molar-refractivity contribution in [3.05, 3.63) is 58.0 Å². The highest BCUT2D eigenvalue weighted by Crippen LogP contribution is 2.26. The minimum absolute atomic E-state index is 0.102. The van der Waals surface area contributed by atoms with Gasteiger partial charge in [-0.15, -0.1) is 0 Å². The lowest BCUT2D eigenvalue weighted by Gasteiger charge is -2.43. The van der Waals surface area contributed by atoms with Crippen LogP contribution in [0.2, 0.25) is 0 Å². The number of unbranched alkanes of at least 4 members (excludes halogenated alkanes) is 1. The zero-order valence-electron chi connectivity index (χ0n) is 20.7. The quantitative estimate of drug-likeness (QED) is 0.459. The number of hydrogen-bond acceptors (Lipinski definition) is 7. The van der Waals surface area contributed by atoms with Crippen LogP contribution in [0.4, 0.5) is 11.8 Å². The fourth-order valence-electron chi connectivity index (χ4n) is 5.08. The van der Waals surface area contributed by atoms with Gasteiger partial charge in [0.2, 0.25) is 5.95 Å². The predicted octanol–water partition coefficient (Wildman–Crippen LogP) is 3.30. The van der Waals surface area contributed by atoms with Gasteiger partial charge < -0.3 is 15.6 Å². The van der Waals surface area contributed by atoms with E-state index in [1.54, 1.807) is 10.8 Å². The summed E-state index contributed by atoms with van der Waals surface area (Å²) in [4.78, 5) is 27.1. The van der Waals surface area contributed by atoms with E-state index in [1.807, 2.05) is 6.07 Å². The Bertz CT molecular complexity index is 1190. The molecule has 186 valence electrons. The van der Waals surface area contributed by atoms with E-state index in [-0.39, 0.29) is 11.5 Å². The van der Waals surface area contributed by atoms with Gasteiger partial charge in [0.25, 0.3) is 5.56 Å². The van der Waals surface area contributed by atoms with Gasteiger partial charge in [-0.2, -0.15) is 4.98 Å². The molecule has 2 aliphatic rings. The van der Waals surface area contributed by atoms with Gasteiger partial charge in [0.1, 0.15) is 11.2 Å². The smallest absolute Gasteiger partial charge is 0.264 e. The molecule has 0 bridgehead atoms. The van der Waals surface area contributed by atoms with Gasteiger partial charge in [0, 0.05) is 51.5 Å². The predicted molar refractivity (Wildman–Crippen MR) is 142 cm³/mol. The van der Waals surface area contributed by atoms with Crippen LogP contribution in [-0.4, -0.2) is 63.1 Å². The van der Waals surface area contributed by atoms with Gasteiger partial charge in [-0.05, 0) is 36.5 Å². The van der Waals surface area contributed by atoms with Crippen molar-refractivity contribution in [1.29, 1.82) is 0 Å². The summed E-state index contributed by atoms with van der Waals surface area (Å²) in [6, 6.07) is 11.4. The molecule has 1 saturated heterocycles. The molecule has 1 aliphatic heterocycles. The van der Waals surface area contributed by atoms with Crippen LogP contribution in [0, 0.1) is 0 Å². The van der Waals surface area contributed by atoms with Gasteiger partial charge in [-0.1, -0.05) is 44.0 Å². The zero-order valence-corrected chi connectivity index (χ0v) is 20.7. The largest absolute Gasteiger partial charge is 0.369 e. The molecule has 3 heterocycles. The lowest BCUT2D eigenvalue weighted by Crippen LogP contribution is -2.51. The molecule has 8 heteroatoms. The van der Waals surface area contributed by atoms with Crippen molar-refractivity contribution < 1.29 is 0 Å². The Hall–Kier alpha value is -2.97. The second kappa shape index (κ2) is 10.7. The van der Waals surface area contributed by atoms with E-state index in [9.17, 15) is 4.79 Å². The lowest BCUT2D eigenvalue weighted by molar-refractivity contribution is 0.0587. The van der Waals surface area contributed by atoms with Gasteiger partial charge in [0.05, 0.1) is 12.1 Å². The fraction of sp³-hybridized carbons (Fsp3) is 0.519. The highest BCUT2D eigenvalue weighted by atomic mass is 16.1. The average Bonchev–Trinajstić information content (AvgIpc) is 2.82. The van der Waals surface area contributed by atoms with Gasteiger partial charge in [-0.3, -0.25) is 14.6 Å². The van der Waals surface area contributed by atoms with E-state index in [0.29, 0.717) is 23.3 Å². The second-order valence-electron chi connectivity index (χ2n) is 9.93. The maximum absolute atomic E-state index is 13.3. The summed E-state index contributed by atoms with van der Waals surface area (Å²) in [6.45, 7) is 9.04. The topological polar surface area (TPSA) is 92.3 Å². The Morgan fingerprint density at radius 3 is 2.37 bits per heavy atom. The molecule has 35 heavy (non-hydrogen) atoms. The molecule has 1 aliphatic carbocycles. The van der Waals surface area contributed by atoms with E-state index in [1.165, 1.54) is 37.9 Å². The Morgan fingerprint density at radius 2 is 1.71 bits per heavy atom. The summed E-state index contributed by atoms with van der Waals surface area (Å²) in [5.74, 6) is 0.696. The first kappa shape index (κ1) is 23.8. The lowest BCUT2D eigenvalue weighted by atomic mass is 9.91. The Kier molecular flexibility index (Phi) is 7.29. The second-order valence-corrected chi connectivity index (χ2v) is 9.93. The van der Waals surface area contributed by atoms with Crippen molar-refractivity contribution in [1.82, 2.24) is 24.3 Å². The van der Waals surface area contributed by atoms with Crippen molar-refractivity contribution >= 4 is 22.7 Å². The molecule has 3 N–H and O–H groups in total. The molecule has 5 rings (SSSR count). The number of nitrogens with zero attached hydrogens (tertiary/aromatic N) is 5. The molecule has 0 atom stereocenters. The van der Waals surface area contributed by atoms with Crippen LogP contribution in [0.5, 0.6) is 0 Å². The summed E-state index contributed by atoms with van der Waals surface area (Å²) < 4.78 is 1.72. The number of benzene rings is 1. The van der Waals surface area contributed by atoms with Crippen molar-refractivity contribution in [2.75, 3.05) is 43.8 Å². The molecule has 0 spiro atoms. The van der Waals surface area contributed by atoms with Crippen molar-refractivity contribution in [2.24, 2.45) is 0 Å². The Labute approximate surface area is 207 Å². The van der Waals surface area contributed by atoms with Crippen molar-refractivity contribution in [2.45, 2.75) is 58.2 Å². The van der Waals surface area contributed by atoms with Crippen LogP contribution in [0.15, 0.2) is 41.3 Å². The monoisotopic (exact) mass is 475 g/mol. The number of pyridine rings is 1. The average molecular weight is 476 g/mol. The number of aromatic nitrogens is 3. The van der Waals surface area contributed by atoms with Gasteiger partial charge in [-0.25, -0.2) is 4.98 Å². The third kappa shape index (κ3) is 5.49. The van der Waals surface area contributed by atoms with Gasteiger partial charge >= 0.3 is 0 Å². The van der Waals surface area contributed by atoms with Crippen LogP contribution in [-0.2, 0) is 13.1 Å². The number of rotatable bonds is 9. The third-order valence-electron chi connectivity index (χ3n) is 7.44. The van der Waals surface area contributed by atoms with E-state index < -0.39 is 0 Å². The number of anilines is 2. The molecule has 3 aromatic rings. The molecular formula is C27H37N7O. The Morgan fingerprint density at radius 1 is 1.00 bits per heavy atom. The van der Waals surface area contributed by atoms with Crippen LogP contribution >= 0.6 is 0 Å². The molecule has 0 amide bonds. The first-order valence-corrected chi connectivity index (χ1v) is 13.1. The normalized spacial score (nSPS) is 17.5. The van der Waals surface area contributed by atoms with E-state index in [0.717, 1.165) is 50.6 Å². The van der Waals surface area contributed by atoms with E-state index in [4.69, 9.17) is 5.73 Å². The third-order valence-corrected chi connectivity index (χ3v) is 7.44. The van der Waals surface area contributed by atoms with Crippen molar-refractivity contribution in [3.8, 4) is 0 Å². The summed E-state index contributed by atoms with van der Waals surface area (Å²) in [5, 5.41) is 3.77. The number of piperazine rings is 1. The molecular weight excluding hydrogens is 438 g/mol. The molecule has 1 aromatic carbocycles. The maximum atomic E-state index is 13.3. The first-order valence-electron chi connectivity index (χ1n) is 13.1. The SMILES string of the molecule is CCCCNc1nc(N)nc2ccn(Cc3ccc(CN4CCN(C5CCC5)CC4)cc3)c(=O)c12. The number of nitrogens with one attached hydrogen (secondary N) is 1. The van der Waals surface area contributed by atoms with Gasteiger partial charge in [0.15, 0.2) is 0 Å². The summed E-state index contributed by atoms with van der Waals surface area (Å²) >= 11 is 0. The van der Waals surface area contributed by atoms with Crippen LogP contribution in [0.1, 0.15) is 50.2 Å². The van der Waals surface area contributed by atoms with E-state index in [2.05, 4.69) is 56.3 Å². The molecule has 2 aromatic heterocycles. The fourth-order valence-corrected chi connectivity index (χ4v) is 5.08. The van der Waals surface area contributed by atoms with Crippen LogP contribution in [0.3, 0.4) is 0 Å². The standard InChI is InChI=1S/C27H37N7O/c1-2-3-12-29-25-24-23(30-27(28)31-25)11-13-34(26(24)35)19-21-9-7-20(8-10-21)18-32-14-16-33(17-15-32)22-5-4-6-22/h7-11,13,22H,2-6,12,14-19H2,1H3,(H3,28,29,30,31). The van der Waals surface area contributed by atoms with Crippen LogP contribution < -0.4 is 16.6 Å². The molecule has 1 saturated carbocycles. The highest BCUT2D eigenvalue weighted by Gasteiger charge is 2.27. The summed E-state index contributed by atoms with van der Waals surface area (Å²) in [5.41, 5.74) is 8.77. The number of nitrogens with two attached hydrogens (primary N) is 1. The maximum Gasteiger partial charge on any atom is 0.264 e. The Balaban J connectivity index is 1.25. The first-order chi connectivity index (χ1) is 17.1. The van der Waals surface area contributed by atoms with Crippen LogP contribution in [0.25, 0.3) is 10.9 Å². The summed E-state index contributed by atoms with van der Waals surface area (Å²) in [6.07, 6.45) is 8.03.